The van der Waals surface area contributed by atoms with E-state index in [4.69, 9.17) is 62.4 Å². The van der Waals surface area contributed by atoms with Gasteiger partial charge in [-0.15, -0.1) is 0 Å². The van der Waals surface area contributed by atoms with Crippen LogP contribution in [0.2, 0.25) is 20.1 Å². The number of allylic oxidation sites excluding steroid dienone is 1. The fourth-order valence-corrected chi connectivity index (χ4v) is 4.65. The molecule has 0 aliphatic rings. The van der Waals surface area contributed by atoms with Gasteiger partial charge in [0.15, 0.2) is 0 Å². The highest BCUT2D eigenvalue weighted by Crippen LogP contribution is 2.38. The van der Waals surface area contributed by atoms with E-state index in [2.05, 4.69) is 0 Å². The van der Waals surface area contributed by atoms with Crippen molar-refractivity contribution in [2.24, 2.45) is 0 Å². The van der Waals surface area contributed by atoms with Gasteiger partial charge < -0.3 is 14.3 Å². The average Bonchev–Trinajstić information content (AvgIpc) is 2.80. The zero-order valence-electron chi connectivity index (χ0n) is 22.1. The van der Waals surface area contributed by atoms with Gasteiger partial charge >= 0.3 is 5.63 Å². The van der Waals surface area contributed by atoms with Crippen molar-refractivity contribution in [3.8, 4) is 16.9 Å². The highest BCUT2D eigenvalue weighted by molar-refractivity contribution is 6.76. The Morgan fingerprint density at radius 2 is 1.27 bits per heavy atom. The van der Waals surface area contributed by atoms with Crippen molar-refractivity contribution >= 4 is 80.5 Å². The fraction of sp³-hybridized carbons (Fsp3) is 0.276. The van der Waals surface area contributed by atoms with Gasteiger partial charge in [0.25, 0.3) is 5.24 Å². The van der Waals surface area contributed by atoms with Crippen LogP contribution in [0.4, 0.5) is 0 Å². The lowest BCUT2D eigenvalue weighted by Crippen LogP contribution is -2.06. The number of benzene rings is 2. The summed E-state index contributed by atoms with van der Waals surface area (Å²) in [5, 5.41) is 10.6. The Bertz CT molecular complexity index is 1550. The van der Waals surface area contributed by atoms with Gasteiger partial charge in [-0.25, -0.2) is 9.59 Å². The number of rotatable bonds is 3. The van der Waals surface area contributed by atoms with Gasteiger partial charge in [0.2, 0.25) is 0 Å². The minimum atomic E-state index is -0.861. The van der Waals surface area contributed by atoms with Crippen LogP contribution in [0.25, 0.3) is 16.7 Å². The number of aromatic hydroxyl groups is 1. The maximum atomic E-state index is 12.0. The summed E-state index contributed by atoms with van der Waals surface area (Å²) < 4.78 is 5.03. The van der Waals surface area contributed by atoms with Crippen molar-refractivity contribution in [1.82, 2.24) is 0 Å². The maximum absolute atomic E-state index is 12.0. The number of halogens is 5. The Labute approximate surface area is 258 Å². The third-order valence-corrected chi connectivity index (χ3v) is 7.11. The molecule has 1 heterocycles. The van der Waals surface area contributed by atoms with Crippen LogP contribution in [-0.2, 0) is 14.4 Å². The van der Waals surface area contributed by atoms with Crippen LogP contribution in [0.3, 0.4) is 0 Å². The summed E-state index contributed by atoms with van der Waals surface area (Å²) in [5.74, 6) is 1.92. The molecule has 0 amide bonds. The number of ketones is 1. The first kappa shape index (κ1) is 37.4. The molecule has 0 fully saturated rings. The quantitative estimate of drug-likeness (QED) is 0.172. The van der Waals surface area contributed by atoms with Crippen molar-refractivity contribution in [1.29, 1.82) is 0 Å². The van der Waals surface area contributed by atoms with Gasteiger partial charge in [-0.1, -0.05) is 53.8 Å². The first-order valence-corrected chi connectivity index (χ1v) is 13.0. The van der Waals surface area contributed by atoms with E-state index in [1.165, 1.54) is 25.9 Å². The molecule has 0 bridgehead atoms. The molecule has 0 radical (unpaired) electrons. The van der Waals surface area contributed by atoms with Gasteiger partial charge in [0, 0.05) is 17.2 Å². The van der Waals surface area contributed by atoms with Crippen molar-refractivity contribution in [3.05, 3.63) is 82.3 Å². The molecule has 3 rings (SSSR count). The molecule has 0 atom stereocenters. The van der Waals surface area contributed by atoms with Crippen molar-refractivity contribution in [2.45, 2.75) is 55.9 Å². The lowest BCUT2D eigenvalue weighted by molar-refractivity contribution is -0.115. The van der Waals surface area contributed by atoms with Crippen LogP contribution in [0.1, 0.15) is 54.9 Å². The molecule has 40 heavy (non-hydrogen) atoms. The largest absolute Gasteiger partial charge is 0.507 e. The second kappa shape index (κ2) is 16.0. The minimum Gasteiger partial charge on any atom is -0.507 e. The number of carbonyl (C=O) groups excluding carboxylic acids is 3. The maximum Gasteiger partial charge on any atom is 0.347 e. The van der Waals surface area contributed by atoms with E-state index in [-0.39, 0.29) is 30.1 Å². The lowest BCUT2D eigenvalue weighted by atomic mass is 9.96. The van der Waals surface area contributed by atoms with Crippen LogP contribution in [0.15, 0.2) is 27.4 Å². The summed E-state index contributed by atoms with van der Waals surface area (Å²) in [6, 6.07) is 4.63. The second-order valence-corrected chi connectivity index (χ2v) is 10.5. The van der Waals surface area contributed by atoms with Gasteiger partial charge in [0.1, 0.15) is 34.4 Å². The van der Waals surface area contributed by atoms with Crippen LogP contribution in [0.5, 0.6) is 5.75 Å². The minimum absolute atomic E-state index is 0. The first-order valence-electron chi connectivity index (χ1n) is 11.1. The van der Waals surface area contributed by atoms with Gasteiger partial charge in [-0.05, 0) is 94.5 Å². The highest BCUT2D eigenvalue weighted by Gasteiger charge is 2.20. The monoisotopic (exact) mass is 648 g/mol. The van der Waals surface area contributed by atoms with Gasteiger partial charge in [0.05, 0.1) is 20.1 Å². The molecule has 0 saturated carbocycles. The number of Topliss-reactive ketones (excluding diaryl/α,β-unsaturated/α-hetero) is 1. The summed E-state index contributed by atoms with van der Waals surface area (Å²) in [6.45, 7) is 11.6. The van der Waals surface area contributed by atoms with E-state index < -0.39 is 10.9 Å². The molecule has 11 heteroatoms. The summed E-state index contributed by atoms with van der Waals surface area (Å²) in [4.78, 5) is 43.2. The third kappa shape index (κ3) is 9.24. The molecular formula is C29H29Cl5O6. The molecule has 0 saturated heterocycles. The van der Waals surface area contributed by atoms with Gasteiger partial charge in [-0.2, -0.15) is 0 Å². The van der Waals surface area contributed by atoms with Crippen LogP contribution in [0, 0.1) is 34.6 Å². The summed E-state index contributed by atoms with van der Waals surface area (Å²) >= 11 is 29.2. The smallest absolute Gasteiger partial charge is 0.347 e. The summed E-state index contributed by atoms with van der Waals surface area (Å²) in [7, 11) is 0. The van der Waals surface area contributed by atoms with Crippen molar-refractivity contribution in [2.75, 3.05) is 0 Å². The molecule has 216 valence electrons. The molecule has 1 N–H and O–H groups in total. The molecular weight excluding hydrogens is 622 g/mol. The van der Waals surface area contributed by atoms with Gasteiger partial charge in [-0.3, -0.25) is 4.79 Å². The van der Waals surface area contributed by atoms with E-state index in [0.29, 0.717) is 53.7 Å². The van der Waals surface area contributed by atoms with Crippen LogP contribution >= 0.6 is 58.0 Å². The Morgan fingerprint density at radius 3 is 1.70 bits per heavy atom. The standard InChI is InChI=1S/C14H12Cl2O3.C11H7Cl3O2.C3H6O.CH4/c1-6-4-9(15)13(16)8(3)11(6)12-10(17)5-7(2)19-14(12)18;1-5-3-8(12)10(13)6(2)9(5)7(4-15)11(14)16;1-3(2)4;/h4-5,17H,1-3H3;3H,1-2H3;1-2H3;1H4. The van der Waals surface area contributed by atoms with E-state index in [9.17, 15) is 24.3 Å². The normalized spacial score (nSPS) is 9.70. The Kier molecular flexibility index (Phi) is 15.0. The first-order chi connectivity index (χ1) is 18.0. The highest BCUT2D eigenvalue weighted by atomic mass is 35.5. The molecule has 1 aromatic heterocycles. The summed E-state index contributed by atoms with van der Waals surface area (Å²) in [6.07, 6.45) is 0. The lowest BCUT2D eigenvalue weighted by Gasteiger charge is -2.13. The predicted octanol–water partition coefficient (Wildman–Crippen LogP) is 9.07. The van der Waals surface area contributed by atoms with Crippen LogP contribution < -0.4 is 5.63 Å². The zero-order chi connectivity index (χ0) is 30.4. The van der Waals surface area contributed by atoms with Crippen molar-refractivity contribution in [3.63, 3.8) is 0 Å². The molecule has 2 aromatic carbocycles. The Morgan fingerprint density at radius 1 is 0.825 bits per heavy atom. The van der Waals surface area contributed by atoms with Crippen LogP contribution in [-0.4, -0.2) is 22.1 Å². The molecule has 0 spiro atoms. The second-order valence-electron chi connectivity index (χ2n) is 8.54. The molecule has 0 aliphatic heterocycles. The van der Waals surface area contributed by atoms with Crippen molar-refractivity contribution < 1.29 is 23.9 Å². The number of aryl methyl sites for hydroxylation is 3. The topological polar surface area (TPSA) is 102 Å². The Hall–Kier alpha value is -2.57. The van der Waals surface area contributed by atoms with E-state index in [0.717, 1.165) is 5.56 Å². The fourth-order valence-electron chi connectivity index (χ4n) is 3.61. The molecule has 0 aliphatic carbocycles. The molecule has 6 nitrogen and oxygen atoms in total. The van der Waals surface area contributed by atoms with E-state index >= 15 is 0 Å². The average molecular weight is 651 g/mol. The number of carbonyl (C=O) groups is 2. The molecule has 3 aromatic rings. The van der Waals surface area contributed by atoms with E-state index in [1.807, 2.05) is 0 Å². The molecule has 0 unspecified atom stereocenters. The number of hydrogen-bond donors (Lipinski definition) is 1. The third-order valence-electron chi connectivity index (χ3n) is 5.16. The SMILES string of the molecule is C.CC(C)=O.Cc1cc(Cl)c(Cl)c(C)c1C(=C=O)C(=O)Cl.Cc1cc(O)c(-c2c(C)cc(Cl)c(Cl)c2C)c(=O)o1. The van der Waals surface area contributed by atoms with E-state index in [1.54, 1.807) is 46.8 Å². The predicted molar refractivity (Wildman–Crippen MR) is 165 cm³/mol. The number of hydrogen-bond acceptors (Lipinski definition) is 6. The zero-order valence-corrected chi connectivity index (χ0v) is 25.9. The summed E-state index contributed by atoms with van der Waals surface area (Å²) in [5.41, 5.74) is 2.82. The Balaban J connectivity index is 0.000000664.